The molecule has 1 aliphatic heterocycles. The first kappa shape index (κ1) is 28.8. The summed E-state index contributed by atoms with van der Waals surface area (Å²) in [5, 5.41) is 15.1. The molecule has 15 heteroatoms. The predicted octanol–water partition coefficient (Wildman–Crippen LogP) is 4.02. The number of methoxy groups -OCH3 is 1. The van der Waals surface area contributed by atoms with Crippen molar-refractivity contribution in [2.75, 3.05) is 62.2 Å². The predicted molar refractivity (Wildman–Crippen MR) is 170 cm³/mol. The molecule has 1 fully saturated rings. The monoisotopic (exact) mass is 619 g/mol. The van der Waals surface area contributed by atoms with Crippen molar-refractivity contribution in [2.45, 2.75) is 0 Å². The molecule has 0 spiro atoms. The highest BCUT2D eigenvalue weighted by molar-refractivity contribution is 7.71. The molecule has 6 rings (SSSR count). The summed E-state index contributed by atoms with van der Waals surface area (Å²) in [6, 6.07) is 5.59. The Morgan fingerprint density at radius 2 is 1.81 bits per heavy atom. The first-order valence-electron chi connectivity index (χ1n) is 13.6. The number of halogens is 1. The van der Waals surface area contributed by atoms with Gasteiger partial charge in [-0.1, -0.05) is 11.6 Å². The van der Waals surface area contributed by atoms with E-state index in [9.17, 15) is 4.57 Å². The normalized spacial score (nSPS) is 13.7. The van der Waals surface area contributed by atoms with Crippen LogP contribution in [0.5, 0.6) is 5.88 Å². The van der Waals surface area contributed by atoms with Gasteiger partial charge in [0.2, 0.25) is 11.8 Å². The van der Waals surface area contributed by atoms with Crippen molar-refractivity contribution < 1.29 is 9.30 Å². The van der Waals surface area contributed by atoms with E-state index < -0.39 is 7.14 Å². The largest absolute Gasteiger partial charge is 0.479 e. The molecule has 13 nitrogen and oxygen atoms in total. The third kappa shape index (κ3) is 5.96. The highest BCUT2D eigenvalue weighted by Crippen LogP contribution is 2.42. The number of rotatable bonds is 8. The van der Waals surface area contributed by atoms with Gasteiger partial charge in [0.15, 0.2) is 5.82 Å². The van der Waals surface area contributed by atoms with Crippen LogP contribution in [0.25, 0.3) is 22.2 Å². The van der Waals surface area contributed by atoms with Crippen LogP contribution in [0.15, 0.2) is 49.2 Å². The van der Waals surface area contributed by atoms with Gasteiger partial charge in [-0.05, 0) is 31.5 Å². The number of nitrogens with one attached hydrogen (secondary N) is 3. The fourth-order valence-corrected chi connectivity index (χ4v) is 6.59. The van der Waals surface area contributed by atoms with Gasteiger partial charge in [-0.15, -0.1) is 0 Å². The van der Waals surface area contributed by atoms with Crippen LogP contribution in [0.1, 0.15) is 0 Å². The second-order valence-electron chi connectivity index (χ2n) is 10.4. The third-order valence-corrected chi connectivity index (χ3v) is 8.80. The van der Waals surface area contributed by atoms with Crippen LogP contribution in [0.3, 0.4) is 0 Å². The summed E-state index contributed by atoms with van der Waals surface area (Å²) in [4.78, 5) is 25.0. The van der Waals surface area contributed by atoms with E-state index in [0.717, 1.165) is 43.1 Å². The number of ether oxygens (including phenoxy) is 1. The Hall–Kier alpha value is -4.32. The van der Waals surface area contributed by atoms with Gasteiger partial charge in [0.1, 0.15) is 29.2 Å². The minimum Gasteiger partial charge on any atom is -0.479 e. The lowest BCUT2D eigenvalue weighted by Gasteiger charge is -2.30. The molecule has 3 N–H and O–H groups in total. The van der Waals surface area contributed by atoms with E-state index in [1.54, 1.807) is 43.6 Å². The molecule has 1 aromatic carbocycles. The summed E-state index contributed by atoms with van der Waals surface area (Å²) in [6.07, 6.45) is 8.44. The molecule has 222 valence electrons. The number of nitrogens with zero attached hydrogens (tertiary/aromatic N) is 8. The van der Waals surface area contributed by atoms with Crippen molar-refractivity contribution >= 4 is 64.0 Å². The molecule has 0 unspecified atom stereocenters. The molecule has 4 aromatic heterocycles. The Morgan fingerprint density at radius 3 is 2.53 bits per heavy atom. The van der Waals surface area contributed by atoms with Gasteiger partial charge < -0.3 is 30.2 Å². The lowest BCUT2D eigenvalue weighted by molar-refractivity contribution is 0.399. The standard InChI is InChI=1S/C28H31ClN11O2P/c1-39-16-17(14-34-39)18-13-22(27(42-2)38-26(18)40-11-9-30-10-12-40)36-28-33-15-19(29)25(37-28)35-21-6-5-20-23(32-8-7-31-20)24(21)43(3,4)41/h5-8,13-16,30H,9-12H2,1-4H3,(H2,33,35,36,37). The molecule has 0 atom stereocenters. The number of piperazine rings is 1. The van der Waals surface area contributed by atoms with Crippen molar-refractivity contribution in [3.63, 3.8) is 0 Å². The molecular formula is C28H31ClN11O2P. The van der Waals surface area contributed by atoms with Crippen LogP contribution in [0.2, 0.25) is 5.02 Å². The zero-order valence-corrected chi connectivity index (χ0v) is 25.8. The number of benzene rings is 1. The molecule has 43 heavy (non-hydrogen) atoms. The number of fused-ring (bicyclic) bond motifs is 1. The van der Waals surface area contributed by atoms with Gasteiger partial charge >= 0.3 is 0 Å². The van der Waals surface area contributed by atoms with Gasteiger partial charge in [-0.25, -0.2) is 4.98 Å². The SMILES string of the molecule is COc1nc(N2CCNCC2)c(-c2cnn(C)c2)cc1Nc1ncc(Cl)c(Nc2ccc3nccnc3c2P(C)(C)=O)n1. The first-order valence-corrected chi connectivity index (χ1v) is 16.6. The van der Waals surface area contributed by atoms with E-state index >= 15 is 0 Å². The molecule has 0 radical (unpaired) electrons. The summed E-state index contributed by atoms with van der Waals surface area (Å²) in [6.45, 7) is 6.75. The van der Waals surface area contributed by atoms with Crippen LogP contribution >= 0.6 is 18.7 Å². The fraction of sp³-hybridized carbons (Fsp3) is 0.286. The highest BCUT2D eigenvalue weighted by Gasteiger charge is 2.24. The Balaban J connectivity index is 1.38. The van der Waals surface area contributed by atoms with Crippen LogP contribution in [-0.2, 0) is 11.6 Å². The Labute approximate surface area is 253 Å². The molecule has 0 amide bonds. The third-order valence-electron chi connectivity index (χ3n) is 6.99. The maximum Gasteiger partial charge on any atom is 0.239 e. The minimum absolute atomic E-state index is 0.261. The van der Waals surface area contributed by atoms with Crippen molar-refractivity contribution in [2.24, 2.45) is 7.05 Å². The van der Waals surface area contributed by atoms with Crippen LogP contribution in [-0.4, -0.2) is 81.3 Å². The first-order chi connectivity index (χ1) is 20.7. The minimum atomic E-state index is -2.79. The number of pyridine rings is 1. The summed E-state index contributed by atoms with van der Waals surface area (Å²) in [5.41, 5.74) is 4.18. The molecule has 0 saturated carbocycles. The molecular weight excluding hydrogens is 589 g/mol. The van der Waals surface area contributed by atoms with E-state index in [4.69, 9.17) is 21.3 Å². The van der Waals surface area contributed by atoms with E-state index in [1.165, 1.54) is 6.20 Å². The second-order valence-corrected chi connectivity index (χ2v) is 14.0. The van der Waals surface area contributed by atoms with Crippen LogP contribution in [0.4, 0.5) is 29.0 Å². The summed E-state index contributed by atoms with van der Waals surface area (Å²) in [7, 11) is 0.667. The smallest absolute Gasteiger partial charge is 0.239 e. The van der Waals surface area contributed by atoms with Crippen molar-refractivity contribution in [3.8, 4) is 17.0 Å². The van der Waals surface area contributed by atoms with E-state index in [1.807, 2.05) is 31.6 Å². The maximum atomic E-state index is 13.4. The highest BCUT2D eigenvalue weighted by atomic mass is 35.5. The average Bonchev–Trinajstić information content (AvgIpc) is 3.44. The number of aryl methyl sites for hydroxylation is 1. The summed E-state index contributed by atoms with van der Waals surface area (Å²) < 4.78 is 20.8. The fourth-order valence-electron chi connectivity index (χ4n) is 5.05. The van der Waals surface area contributed by atoms with Gasteiger partial charge in [0.25, 0.3) is 0 Å². The molecule has 0 bridgehead atoms. The molecule has 5 aromatic rings. The zero-order chi connectivity index (χ0) is 30.1. The van der Waals surface area contributed by atoms with Crippen LogP contribution in [0, 0.1) is 0 Å². The maximum absolute atomic E-state index is 13.4. The quantitative estimate of drug-likeness (QED) is 0.215. The number of hydrogen-bond acceptors (Lipinski definition) is 12. The number of hydrogen-bond donors (Lipinski definition) is 3. The van der Waals surface area contributed by atoms with Gasteiger partial charge in [-0.3, -0.25) is 14.6 Å². The molecule has 1 saturated heterocycles. The lowest BCUT2D eigenvalue weighted by atomic mass is 10.1. The lowest BCUT2D eigenvalue weighted by Crippen LogP contribution is -2.44. The Morgan fingerprint density at radius 1 is 1.02 bits per heavy atom. The Kier molecular flexibility index (Phi) is 7.87. The second kappa shape index (κ2) is 11.8. The number of aromatic nitrogens is 7. The van der Waals surface area contributed by atoms with Gasteiger partial charge in [0.05, 0.1) is 36.0 Å². The molecule has 5 heterocycles. The van der Waals surface area contributed by atoms with E-state index in [-0.39, 0.29) is 11.0 Å². The molecule has 0 aliphatic carbocycles. The summed E-state index contributed by atoms with van der Waals surface area (Å²) >= 11 is 6.54. The summed E-state index contributed by atoms with van der Waals surface area (Å²) in [5.74, 6) is 1.79. The van der Waals surface area contributed by atoms with E-state index in [0.29, 0.717) is 39.4 Å². The van der Waals surface area contributed by atoms with Crippen molar-refractivity contribution in [1.29, 1.82) is 0 Å². The van der Waals surface area contributed by atoms with Crippen molar-refractivity contribution in [3.05, 3.63) is 54.2 Å². The zero-order valence-electron chi connectivity index (χ0n) is 24.2. The average molecular weight is 620 g/mol. The number of anilines is 5. The van der Waals surface area contributed by atoms with Crippen LogP contribution < -0.4 is 30.9 Å². The topological polar surface area (TPSA) is 148 Å². The van der Waals surface area contributed by atoms with Crippen molar-refractivity contribution in [1.82, 2.24) is 40.0 Å². The Bertz CT molecular complexity index is 1850. The van der Waals surface area contributed by atoms with E-state index in [2.05, 4.69) is 45.9 Å². The van der Waals surface area contributed by atoms with Gasteiger partial charge in [-0.2, -0.15) is 15.1 Å². The molecule has 1 aliphatic rings. The van der Waals surface area contributed by atoms with Gasteiger partial charge in [0, 0.05) is 62.9 Å².